The summed E-state index contributed by atoms with van der Waals surface area (Å²) in [6.45, 7) is 0. The zero-order valence-corrected chi connectivity index (χ0v) is 37.9. The summed E-state index contributed by atoms with van der Waals surface area (Å²) in [5, 5.41) is 56.3. The Morgan fingerprint density at radius 3 is 1.27 bits per heavy atom. The molecule has 22 heteroatoms. The van der Waals surface area contributed by atoms with Crippen molar-refractivity contribution in [1.82, 2.24) is 9.97 Å². The second kappa shape index (κ2) is 21.6. The number of para-hydroxylation sites is 1. The van der Waals surface area contributed by atoms with Crippen LogP contribution in [0.25, 0.3) is 45.7 Å². The van der Waals surface area contributed by atoms with Gasteiger partial charge in [0.15, 0.2) is 5.82 Å². The lowest BCUT2D eigenvalue weighted by Gasteiger charge is -2.13. The van der Waals surface area contributed by atoms with Gasteiger partial charge in [0.2, 0.25) is 11.8 Å². The molecule has 1 heterocycles. The number of nitrogens with zero attached hydrogens (tertiary/aromatic N) is 6. The van der Waals surface area contributed by atoms with Crippen LogP contribution in [0.4, 0.5) is 45.5 Å². The molecule has 0 aliphatic rings. The van der Waals surface area contributed by atoms with Gasteiger partial charge in [0.25, 0.3) is 34.6 Å². The second-order valence-electron chi connectivity index (χ2n) is 15.8. The summed E-state index contributed by atoms with van der Waals surface area (Å²) < 4.78 is 0. The van der Waals surface area contributed by atoms with Gasteiger partial charge in [0.1, 0.15) is 0 Å². The quantitative estimate of drug-likeness (QED) is 0.0397. The molecule has 7 aromatic carbocycles. The third-order valence-electron chi connectivity index (χ3n) is 10.9. The maximum atomic E-state index is 13.6. The van der Waals surface area contributed by atoms with Gasteiger partial charge in [-0.3, -0.25) is 59.6 Å². The Hall–Kier alpha value is -11.2. The van der Waals surface area contributed by atoms with E-state index in [0.29, 0.717) is 56.0 Å². The number of carbonyl (C=O) groups excluding carboxylic acids is 4. The number of nitrogens with one attached hydrogen (secondary N) is 4. The average Bonchev–Trinajstić information content (AvgIpc) is 3.39. The van der Waals surface area contributed by atoms with E-state index in [-0.39, 0.29) is 45.3 Å². The van der Waals surface area contributed by atoms with Gasteiger partial charge in [-0.05, 0) is 102 Å². The number of anilines is 4. The first-order valence-electron chi connectivity index (χ1n) is 21.7. The predicted octanol–water partition coefficient (Wildman–Crippen LogP) is 10.4. The molecular weight excluding hydrogens is 957 g/mol. The van der Waals surface area contributed by atoms with Crippen LogP contribution in [0, 0.1) is 40.5 Å². The SMILES string of the molecule is O=C(C=Cc1ccc([N+](=O)[O-])cc1)Nc1cc([N+](=O)[O-])ccc1C(=O)Nc1ccc(-c2nc(-c3ccc(NC(=O)c4ccc([N+](=O)[O-])cc4NC(=O)C=Cc4ccc([N+](=O)[O-])cc4)cc3)c3ccccc3n2)cc1. The average molecular weight is 991 g/mol. The van der Waals surface area contributed by atoms with Gasteiger partial charge in [-0.25, -0.2) is 9.97 Å². The Morgan fingerprint density at radius 1 is 0.432 bits per heavy atom. The maximum absolute atomic E-state index is 13.6. The van der Waals surface area contributed by atoms with Gasteiger partial charge >= 0.3 is 0 Å². The minimum atomic E-state index is -0.729. The van der Waals surface area contributed by atoms with Gasteiger partial charge in [-0.1, -0.05) is 30.3 Å². The van der Waals surface area contributed by atoms with E-state index >= 15 is 0 Å². The predicted molar refractivity (Wildman–Crippen MR) is 274 cm³/mol. The summed E-state index contributed by atoms with van der Waals surface area (Å²) in [5.41, 5.74) is 2.45. The van der Waals surface area contributed by atoms with Crippen molar-refractivity contribution in [2.24, 2.45) is 0 Å². The normalized spacial score (nSPS) is 11.0. The van der Waals surface area contributed by atoms with Crippen LogP contribution in [0.15, 0.2) is 170 Å². The highest BCUT2D eigenvalue weighted by Crippen LogP contribution is 2.32. The molecule has 0 saturated heterocycles. The van der Waals surface area contributed by atoms with Crippen molar-refractivity contribution < 1.29 is 38.9 Å². The molecule has 0 aliphatic carbocycles. The van der Waals surface area contributed by atoms with E-state index in [1.807, 2.05) is 24.3 Å². The smallest absolute Gasteiger partial charge is 0.271 e. The summed E-state index contributed by atoms with van der Waals surface area (Å²) in [6.07, 6.45) is 4.98. The molecule has 0 fully saturated rings. The van der Waals surface area contributed by atoms with E-state index in [0.717, 1.165) is 36.4 Å². The van der Waals surface area contributed by atoms with E-state index in [9.17, 15) is 59.6 Å². The first kappa shape index (κ1) is 49.3. The van der Waals surface area contributed by atoms with Crippen LogP contribution in [0.2, 0.25) is 0 Å². The fourth-order valence-corrected chi connectivity index (χ4v) is 7.24. The Balaban J connectivity index is 0.970. The van der Waals surface area contributed by atoms with Crippen LogP contribution in [0.3, 0.4) is 0 Å². The number of nitro groups is 4. The molecule has 0 unspecified atom stereocenters. The molecule has 0 saturated carbocycles. The number of hydrogen-bond acceptors (Lipinski definition) is 14. The highest BCUT2D eigenvalue weighted by atomic mass is 16.6. The number of amides is 4. The van der Waals surface area contributed by atoms with Crippen molar-refractivity contribution in [1.29, 1.82) is 0 Å². The molecule has 364 valence electrons. The molecule has 0 bridgehead atoms. The lowest BCUT2D eigenvalue weighted by molar-refractivity contribution is -0.385. The molecule has 8 aromatic rings. The van der Waals surface area contributed by atoms with Crippen LogP contribution in [0.5, 0.6) is 0 Å². The molecule has 1 aromatic heterocycles. The van der Waals surface area contributed by atoms with E-state index in [1.165, 1.54) is 72.8 Å². The van der Waals surface area contributed by atoms with Gasteiger partial charge < -0.3 is 21.3 Å². The molecule has 8 rings (SSSR count). The van der Waals surface area contributed by atoms with E-state index in [2.05, 4.69) is 21.3 Å². The fourth-order valence-electron chi connectivity index (χ4n) is 7.24. The summed E-state index contributed by atoms with van der Waals surface area (Å²) in [6, 6.07) is 38.1. The first-order chi connectivity index (χ1) is 35.6. The Labute approximate surface area is 416 Å². The maximum Gasteiger partial charge on any atom is 0.271 e. The number of fused-ring (bicyclic) bond motifs is 1. The molecule has 4 N–H and O–H groups in total. The second-order valence-corrected chi connectivity index (χ2v) is 15.8. The highest BCUT2D eigenvalue weighted by molar-refractivity contribution is 6.13. The molecule has 22 nitrogen and oxygen atoms in total. The lowest BCUT2D eigenvalue weighted by atomic mass is 10.0. The molecule has 4 amide bonds. The monoisotopic (exact) mass is 990 g/mol. The van der Waals surface area contributed by atoms with Crippen LogP contribution in [-0.2, 0) is 9.59 Å². The van der Waals surface area contributed by atoms with Gasteiger partial charge in [-0.15, -0.1) is 0 Å². The zero-order chi connectivity index (χ0) is 52.5. The number of carbonyl (C=O) groups is 4. The van der Waals surface area contributed by atoms with Gasteiger partial charge in [0, 0.05) is 88.6 Å². The zero-order valence-electron chi connectivity index (χ0n) is 37.9. The minimum Gasteiger partial charge on any atom is -0.322 e. The third-order valence-corrected chi connectivity index (χ3v) is 10.9. The number of aromatic nitrogens is 2. The summed E-state index contributed by atoms with van der Waals surface area (Å²) in [7, 11) is 0. The number of hydrogen-bond donors (Lipinski definition) is 4. The van der Waals surface area contributed by atoms with Gasteiger partial charge in [-0.2, -0.15) is 0 Å². The molecule has 0 spiro atoms. The number of nitro benzene ring substituents is 4. The van der Waals surface area contributed by atoms with Crippen molar-refractivity contribution in [3.05, 3.63) is 233 Å². The molecular formula is C52H34N10O12. The van der Waals surface area contributed by atoms with E-state index < -0.39 is 43.3 Å². The van der Waals surface area contributed by atoms with E-state index in [4.69, 9.17) is 9.97 Å². The summed E-state index contributed by atoms with van der Waals surface area (Å²) >= 11 is 0. The van der Waals surface area contributed by atoms with Crippen molar-refractivity contribution in [3.63, 3.8) is 0 Å². The van der Waals surface area contributed by atoms with Crippen LogP contribution in [0.1, 0.15) is 31.8 Å². The number of non-ortho nitro benzene ring substituents is 4. The topological polar surface area (TPSA) is 315 Å². The minimum absolute atomic E-state index is 0.0819. The molecule has 0 aliphatic heterocycles. The highest BCUT2D eigenvalue weighted by Gasteiger charge is 2.21. The van der Waals surface area contributed by atoms with Crippen molar-refractivity contribution in [3.8, 4) is 22.6 Å². The molecule has 0 atom stereocenters. The first-order valence-corrected chi connectivity index (χ1v) is 21.7. The van der Waals surface area contributed by atoms with E-state index in [1.54, 1.807) is 48.5 Å². The molecule has 0 radical (unpaired) electrons. The number of benzene rings is 7. The van der Waals surface area contributed by atoms with Crippen molar-refractivity contribution in [2.75, 3.05) is 21.3 Å². The number of rotatable bonds is 16. The largest absolute Gasteiger partial charge is 0.322 e. The Bertz CT molecular complexity index is 3640. The Kier molecular flexibility index (Phi) is 14.4. The summed E-state index contributed by atoms with van der Waals surface area (Å²) in [4.78, 5) is 105. The third kappa shape index (κ3) is 11.8. The fraction of sp³-hybridized carbons (Fsp3) is 0. The van der Waals surface area contributed by atoms with Crippen molar-refractivity contribution >= 4 is 92.2 Å². The van der Waals surface area contributed by atoms with Crippen molar-refractivity contribution in [2.45, 2.75) is 0 Å². The van der Waals surface area contributed by atoms with Gasteiger partial charge in [0.05, 0.1) is 53.4 Å². The lowest BCUT2D eigenvalue weighted by Crippen LogP contribution is -2.17. The standard InChI is InChI=1S/C52H34N10O12/c63-47(27-9-31-5-19-37(20-6-31)59(67)68)55-45-29-39(61(71)72)23-25-42(45)51(65)53-35-15-11-33(12-16-35)49-41-3-1-2-4-44(41)57-50(58-49)34-13-17-36(18-14-34)54-52(66)43-26-24-40(62(73)74)30-46(43)56-48(64)28-10-32-7-21-38(22-8-32)60(69)70/h1-30H,(H,53,65)(H,54,66)(H,55,63)(H,56,64). The summed E-state index contributed by atoms with van der Waals surface area (Å²) in [5.74, 6) is -2.52. The Morgan fingerprint density at radius 2 is 0.838 bits per heavy atom. The van der Waals surface area contributed by atoms with Crippen LogP contribution in [-0.4, -0.2) is 53.3 Å². The van der Waals surface area contributed by atoms with Crippen LogP contribution < -0.4 is 21.3 Å². The molecule has 74 heavy (non-hydrogen) atoms. The van der Waals surface area contributed by atoms with Crippen LogP contribution >= 0.6 is 0 Å².